The molecule has 0 saturated carbocycles. The van der Waals surface area contributed by atoms with Crippen molar-refractivity contribution in [3.8, 4) is 5.75 Å². The maximum atomic E-state index is 14.1. The standard InChI is InChI=1S/C18H15F5N2O4/c1-17(18(21,22)23)28-14(10-3-4-11(19)12(20)13(10)27-2)15(29-17)16(26)25-9-5-7-24-8-6-9/h3-8,14-15H,1-2H3,(H,24,25,26)/t14-,15+,17?/m0/s1. The monoisotopic (exact) mass is 418 g/mol. The van der Waals surface area contributed by atoms with Gasteiger partial charge in [0.25, 0.3) is 11.7 Å². The summed E-state index contributed by atoms with van der Waals surface area (Å²) >= 11 is 0. The van der Waals surface area contributed by atoms with Crippen LogP contribution in [0.4, 0.5) is 27.6 Å². The molecule has 6 nitrogen and oxygen atoms in total. The number of carbonyl (C=O) groups is 1. The number of benzene rings is 1. The number of hydrogen-bond donors (Lipinski definition) is 1. The molecule has 0 radical (unpaired) electrons. The van der Waals surface area contributed by atoms with Gasteiger partial charge in [-0.1, -0.05) is 0 Å². The van der Waals surface area contributed by atoms with Gasteiger partial charge in [-0.15, -0.1) is 0 Å². The van der Waals surface area contributed by atoms with Gasteiger partial charge in [-0.2, -0.15) is 17.6 Å². The average molecular weight is 418 g/mol. The van der Waals surface area contributed by atoms with Crippen LogP contribution in [-0.4, -0.2) is 36.1 Å². The fraction of sp³-hybridized carbons (Fsp3) is 0.333. The first-order valence-corrected chi connectivity index (χ1v) is 8.22. The van der Waals surface area contributed by atoms with Gasteiger partial charge >= 0.3 is 6.18 Å². The summed E-state index contributed by atoms with van der Waals surface area (Å²) in [4.78, 5) is 16.4. The summed E-state index contributed by atoms with van der Waals surface area (Å²) in [5, 5.41) is 2.38. The summed E-state index contributed by atoms with van der Waals surface area (Å²) in [5.41, 5.74) is -0.0699. The third-order valence-corrected chi connectivity index (χ3v) is 4.29. The molecular weight excluding hydrogens is 403 g/mol. The molecule has 2 heterocycles. The lowest BCUT2D eigenvalue weighted by Crippen LogP contribution is -2.44. The molecule has 0 bridgehead atoms. The van der Waals surface area contributed by atoms with Crippen LogP contribution < -0.4 is 10.1 Å². The molecule has 1 fully saturated rings. The van der Waals surface area contributed by atoms with Crippen LogP contribution in [0, 0.1) is 11.6 Å². The second-order valence-electron chi connectivity index (χ2n) is 6.23. The van der Waals surface area contributed by atoms with E-state index in [1.54, 1.807) is 0 Å². The first-order valence-electron chi connectivity index (χ1n) is 8.22. The number of ether oxygens (including phenoxy) is 3. The van der Waals surface area contributed by atoms with Crippen molar-refractivity contribution in [2.45, 2.75) is 31.1 Å². The molecule has 29 heavy (non-hydrogen) atoms. The molecule has 11 heteroatoms. The number of methoxy groups -OCH3 is 1. The molecule has 1 aliphatic heterocycles. The SMILES string of the molecule is COc1c([C@@H]2OC(C)(C(F)(F)F)O[C@H]2C(=O)Nc2ccncc2)ccc(F)c1F. The second-order valence-corrected chi connectivity index (χ2v) is 6.23. The van der Waals surface area contributed by atoms with Gasteiger partial charge < -0.3 is 19.5 Å². The summed E-state index contributed by atoms with van der Waals surface area (Å²) in [7, 11) is 1.01. The number of halogens is 5. The van der Waals surface area contributed by atoms with Crippen LogP contribution in [0.5, 0.6) is 5.75 Å². The van der Waals surface area contributed by atoms with E-state index in [0.29, 0.717) is 13.0 Å². The Morgan fingerprint density at radius 3 is 2.41 bits per heavy atom. The van der Waals surface area contributed by atoms with Gasteiger partial charge in [0.15, 0.2) is 17.7 Å². The van der Waals surface area contributed by atoms with E-state index < -0.39 is 47.5 Å². The van der Waals surface area contributed by atoms with Crippen molar-refractivity contribution in [3.63, 3.8) is 0 Å². The smallest absolute Gasteiger partial charge is 0.442 e. The minimum absolute atomic E-state index is 0.241. The van der Waals surface area contributed by atoms with Crippen LogP contribution in [0.25, 0.3) is 0 Å². The maximum Gasteiger partial charge on any atom is 0.442 e. The lowest BCUT2D eigenvalue weighted by atomic mass is 10.0. The molecule has 1 N–H and O–H groups in total. The largest absolute Gasteiger partial charge is 0.493 e. The molecule has 2 aromatic rings. The Labute approximate surface area is 161 Å². The number of nitrogens with one attached hydrogen (secondary N) is 1. The molecule has 3 atom stereocenters. The molecule has 1 saturated heterocycles. The van der Waals surface area contributed by atoms with E-state index in [9.17, 15) is 26.7 Å². The Balaban J connectivity index is 2.02. The van der Waals surface area contributed by atoms with Gasteiger partial charge in [-0.3, -0.25) is 9.78 Å². The molecule has 156 valence electrons. The van der Waals surface area contributed by atoms with Crippen molar-refractivity contribution >= 4 is 11.6 Å². The number of hydrogen-bond acceptors (Lipinski definition) is 5. The van der Waals surface area contributed by atoms with Crippen molar-refractivity contribution < 1.29 is 41.0 Å². The van der Waals surface area contributed by atoms with Crippen LogP contribution in [0.3, 0.4) is 0 Å². The van der Waals surface area contributed by atoms with Gasteiger partial charge in [0.2, 0.25) is 5.82 Å². The van der Waals surface area contributed by atoms with Gasteiger partial charge in [-0.25, -0.2) is 4.39 Å². The molecule has 1 aromatic carbocycles. The highest BCUT2D eigenvalue weighted by Gasteiger charge is 2.63. The fourth-order valence-electron chi connectivity index (χ4n) is 2.81. The van der Waals surface area contributed by atoms with Crippen LogP contribution >= 0.6 is 0 Å². The molecule has 0 aliphatic carbocycles. The first-order chi connectivity index (χ1) is 13.6. The van der Waals surface area contributed by atoms with Crippen LogP contribution in [-0.2, 0) is 14.3 Å². The Morgan fingerprint density at radius 2 is 1.83 bits per heavy atom. The number of nitrogens with zero attached hydrogens (tertiary/aromatic N) is 1. The minimum Gasteiger partial charge on any atom is -0.493 e. The van der Waals surface area contributed by atoms with Crippen molar-refractivity contribution in [1.29, 1.82) is 0 Å². The second kappa shape index (κ2) is 7.56. The maximum absolute atomic E-state index is 14.1. The molecule has 1 aromatic heterocycles. The average Bonchev–Trinajstić information content (AvgIpc) is 3.03. The van der Waals surface area contributed by atoms with E-state index in [2.05, 4.69) is 10.3 Å². The van der Waals surface area contributed by atoms with Crippen LogP contribution in [0.2, 0.25) is 0 Å². The van der Waals surface area contributed by atoms with E-state index in [-0.39, 0.29) is 11.3 Å². The van der Waals surface area contributed by atoms with Gasteiger partial charge in [0, 0.05) is 23.6 Å². The van der Waals surface area contributed by atoms with E-state index in [1.807, 2.05) is 0 Å². The number of pyridine rings is 1. The quantitative estimate of drug-likeness (QED) is 0.767. The predicted molar refractivity (Wildman–Crippen MR) is 88.9 cm³/mol. The normalized spacial score (nSPS) is 24.4. The summed E-state index contributed by atoms with van der Waals surface area (Å²) < 4.78 is 82.8. The molecule has 0 spiro atoms. The summed E-state index contributed by atoms with van der Waals surface area (Å²) in [6.45, 7) is 0.589. The predicted octanol–water partition coefficient (Wildman–Crippen LogP) is 3.74. The van der Waals surface area contributed by atoms with E-state index >= 15 is 0 Å². The number of carbonyl (C=O) groups excluding carboxylic acids is 1. The zero-order chi connectivity index (χ0) is 21.4. The minimum atomic E-state index is -5.01. The van der Waals surface area contributed by atoms with E-state index in [1.165, 1.54) is 24.5 Å². The van der Waals surface area contributed by atoms with Crippen molar-refractivity contribution in [3.05, 3.63) is 53.9 Å². The highest BCUT2D eigenvalue weighted by Crippen LogP contribution is 2.49. The number of rotatable bonds is 4. The summed E-state index contributed by atoms with van der Waals surface area (Å²) in [5.74, 6) is -7.54. The van der Waals surface area contributed by atoms with Gasteiger partial charge in [0.05, 0.1) is 7.11 Å². The third kappa shape index (κ3) is 3.87. The Kier molecular flexibility index (Phi) is 5.46. The van der Waals surface area contributed by atoms with E-state index in [4.69, 9.17) is 14.2 Å². The van der Waals surface area contributed by atoms with Gasteiger partial charge in [0.1, 0.15) is 6.10 Å². The molecule has 3 rings (SSSR count). The lowest BCUT2D eigenvalue weighted by Gasteiger charge is -2.26. The van der Waals surface area contributed by atoms with Crippen LogP contribution in [0.15, 0.2) is 36.7 Å². The Hall–Kier alpha value is -2.79. The fourth-order valence-corrected chi connectivity index (χ4v) is 2.81. The van der Waals surface area contributed by atoms with Gasteiger partial charge in [-0.05, 0) is 31.2 Å². The zero-order valence-electron chi connectivity index (χ0n) is 15.1. The summed E-state index contributed by atoms with van der Waals surface area (Å²) in [6, 6.07) is 4.48. The van der Waals surface area contributed by atoms with Crippen molar-refractivity contribution in [1.82, 2.24) is 4.98 Å². The summed E-state index contributed by atoms with van der Waals surface area (Å²) in [6.07, 6.45) is -5.86. The zero-order valence-corrected chi connectivity index (χ0v) is 15.1. The van der Waals surface area contributed by atoms with Crippen molar-refractivity contribution in [2.75, 3.05) is 12.4 Å². The number of alkyl halides is 3. The first kappa shape index (κ1) is 20.9. The Morgan fingerprint density at radius 1 is 1.17 bits per heavy atom. The number of aromatic nitrogens is 1. The number of amides is 1. The molecule has 1 amide bonds. The number of anilines is 1. The van der Waals surface area contributed by atoms with E-state index in [0.717, 1.165) is 13.2 Å². The lowest BCUT2D eigenvalue weighted by molar-refractivity contribution is -0.341. The molecule has 1 unspecified atom stereocenters. The topological polar surface area (TPSA) is 69.7 Å². The van der Waals surface area contributed by atoms with Crippen LogP contribution in [0.1, 0.15) is 18.6 Å². The third-order valence-electron chi connectivity index (χ3n) is 4.29. The Bertz CT molecular complexity index is 909. The van der Waals surface area contributed by atoms with Crippen molar-refractivity contribution in [2.24, 2.45) is 0 Å². The highest BCUT2D eigenvalue weighted by molar-refractivity contribution is 5.95. The highest BCUT2D eigenvalue weighted by atomic mass is 19.4. The molecule has 1 aliphatic rings. The molecular formula is C18H15F5N2O4.